The van der Waals surface area contributed by atoms with E-state index in [2.05, 4.69) is 5.32 Å². The van der Waals surface area contributed by atoms with E-state index in [1.165, 1.54) is 18.2 Å². The highest BCUT2D eigenvalue weighted by Crippen LogP contribution is 2.27. The average molecular weight is 461 g/mol. The smallest absolute Gasteiger partial charge is 0.335 e. The predicted molar refractivity (Wildman–Crippen MR) is 127 cm³/mol. The second-order valence-corrected chi connectivity index (χ2v) is 7.56. The first kappa shape index (κ1) is 23.6. The number of anilines is 1. The first-order valence-electron chi connectivity index (χ1n) is 10.2. The zero-order valence-electron chi connectivity index (χ0n) is 17.8. The number of aryl methyl sites for hydroxylation is 1. The van der Waals surface area contributed by atoms with E-state index in [1.807, 2.05) is 25.1 Å². The fourth-order valence-corrected chi connectivity index (χ4v) is 3.21. The van der Waals surface area contributed by atoms with Gasteiger partial charge in [0.2, 0.25) is 0 Å². The lowest BCUT2D eigenvalue weighted by atomic mass is 10.1. The zero-order chi connectivity index (χ0) is 23.8. The molecule has 0 spiro atoms. The number of rotatable bonds is 8. The summed E-state index contributed by atoms with van der Waals surface area (Å²) >= 11 is 6.31. The van der Waals surface area contributed by atoms with Crippen LogP contribution in [0.25, 0.3) is 6.08 Å². The Bertz CT molecular complexity index is 1230. The third kappa shape index (κ3) is 6.45. The van der Waals surface area contributed by atoms with Gasteiger partial charge in [-0.05, 0) is 65.6 Å². The van der Waals surface area contributed by atoms with Gasteiger partial charge in [-0.2, -0.15) is 5.26 Å². The topological polar surface area (TPSA) is 99.4 Å². The summed E-state index contributed by atoms with van der Waals surface area (Å²) in [5.41, 5.74) is 3.26. The van der Waals surface area contributed by atoms with Crippen LogP contribution in [0.1, 0.15) is 34.0 Å². The molecule has 0 aliphatic rings. The monoisotopic (exact) mass is 460 g/mol. The van der Waals surface area contributed by atoms with E-state index in [1.54, 1.807) is 42.5 Å². The Morgan fingerprint density at radius 2 is 1.73 bits per heavy atom. The molecule has 2 N–H and O–H groups in total. The molecule has 166 valence electrons. The summed E-state index contributed by atoms with van der Waals surface area (Å²) in [5.74, 6) is -1.08. The average Bonchev–Trinajstić information content (AvgIpc) is 2.82. The molecule has 6 nitrogen and oxygen atoms in total. The van der Waals surface area contributed by atoms with Gasteiger partial charge in [0.1, 0.15) is 24.0 Å². The second kappa shape index (κ2) is 11.0. The molecule has 3 aromatic carbocycles. The molecule has 0 saturated carbocycles. The number of halogens is 1. The second-order valence-electron chi connectivity index (χ2n) is 7.16. The molecule has 0 aliphatic heterocycles. The lowest BCUT2D eigenvalue weighted by molar-refractivity contribution is -0.112. The van der Waals surface area contributed by atoms with Crippen LogP contribution in [0.5, 0.6) is 5.75 Å². The summed E-state index contributed by atoms with van der Waals surface area (Å²) in [6, 6.07) is 20.6. The zero-order valence-corrected chi connectivity index (χ0v) is 18.6. The Labute approximate surface area is 196 Å². The summed E-state index contributed by atoms with van der Waals surface area (Å²) in [6.45, 7) is 2.25. The van der Waals surface area contributed by atoms with Crippen molar-refractivity contribution in [1.82, 2.24) is 0 Å². The lowest BCUT2D eigenvalue weighted by Crippen LogP contribution is -2.13. The van der Waals surface area contributed by atoms with Gasteiger partial charge in [0.25, 0.3) is 5.91 Å². The minimum Gasteiger partial charge on any atom is -0.487 e. The quantitative estimate of drug-likeness (QED) is 0.330. The molecule has 1 amide bonds. The van der Waals surface area contributed by atoms with Gasteiger partial charge >= 0.3 is 5.97 Å². The number of nitrogens with one attached hydrogen (secondary N) is 1. The summed E-state index contributed by atoms with van der Waals surface area (Å²) in [7, 11) is 0. The van der Waals surface area contributed by atoms with Crippen molar-refractivity contribution in [2.45, 2.75) is 20.0 Å². The van der Waals surface area contributed by atoms with E-state index in [4.69, 9.17) is 21.4 Å². The fraction of sp³-hybridized carbons (Fsp3) is 0.115. The molecule has 3 aromatic rings. The summed E-state index contributed by atoms with van der Waals surface area (Å²) in [4.78, 5) is 23.4. The predicted octanol–water partition coefficient (Wildman–Crippen LogP) is 5.73. The van der Waals surface area contributed by atoms with Crippen molar-refractivity contribution in [2.75, 3.05) is 5.32 Å². The Morgan fingerprint density at radius 3 is 2.30 bits per heavy atom. The fourth-order valence-electron chi connectivity index (χ4n) is 2.97. The number of carboxylic acid groups (broad SMARTS) is 1. The summed E-state index contributed by atoms with van der Waals surface area (Å²) in [5, 5.41) is 21.4. The van der Waals surface area contributed by atoms with Crippen LogP contribution >= 0.6 is 11.6 Å². The van der Waals surface area contributed by atoms with E-state index >= 15 is 0 Å². The third-order valence-corrected chi connectivity index (χ3v) is 5.14. The standard InChI is InChI=1S/C26H21ClN2O4/c1-2-17-5-10-22(11-6-17)29-25(30)21(15-28)13-19-7-12-24(23(27)14-19)33-16-18-3-8-20(9-4-18)26(31)32/h3-14H,2,16H2,1H3,(H,29,30)(H,31,32)/b21-13+. The number of nitrogens with zero attached hydrogens (tertiary/aromatic N) is 1. The number of amides is 1. The molecular formula is C26H21ClN2O4. The molecule has 0 bridgehead atoms. The van der Waals surface area contributed by atoms with Crippen molar-refractivity contribution in [2.24, 2.45) is 0 Å². The number of carbonyl (C=O) groups excluding carboxylic acids is 1. The third-order valence-electron chi connectivity index (χ3n) is 4.85. The van der Waals surface area contributed by atoms with E-state index in [0.717, 1.165) is 17.5 Å². The highest BCUT2D eigenvalue weighted by atomic mass is 35.5. The number of hydrogen-bond acceptors (Lipinski definition) is 4. The van der Waals surface area contributed by atoms with Crippen molar-refractivity contribution in [3.63, 3.8) is 0 Å². The molecule has 0 aliphatic carbocycles. The van der Waals surface area contributed by atoms with Gasteiger partial charge in [-0.25, -0.2) is 4.79 Å². The summed E-state index contributed by atoms with van der Waals surface area (Å²) < 4.78 is 5.71. The number of hydrogen-bond donors (Lipinski definition) is 2. The minimum atomic E-state index is -0.992. The molecule has 0 radical (unpaired) electrons. The van der Waals surface area contributed by atoms with Crippen LogP contribution in [0.2, 0.25) is 5.02 Å². The van der Waals surface area contributed by atoms with E-state index < -0.39 is 11.9 Å². The summed E-state index contributed by atoms with van der Waals surface area (Å²) in [6.07, 6.45) is 2.35. The molecule has 7 heteroatoms. The Morgan fingerprint density at radius 1 is 1.06 bits per heavy atom. The van der Waals surface area contributed by atoms with Crippen LogP contribution in [0.4, 0.5) is 5.69 Å². The van der Waals surface area contributed by atoms with E-state index in [9.17, 15) is 14.9 Å². The molecule has 0 aromatic heterocycles. The van der Waals surface area contributed by atoms with Crippen LogP contribution in [0.15, 0.2) is 72.3 Å². The highest BCUT2D eigenvalue weighted by molar-refractivity contribution is 6.32. The number of aromatic carboxylic acids is 1. The molecule has 33 heavy (non-hydrogen) atoms. The van der Waals surface area contributed by atoms with E-state index in [-0.39, 0.29) is 17.7 Å². The van der Waals surface area contributed by atoms with Gasteiger partial charge in [-0.15, -0.1) is 0 Å². The maximum Gasteiger partial charge on any atom is 0.335 e. The highest BCUT2D eigenvalue weighted by Gasteiger charge is 2.11. The van der Waals surface area contributed by atoms with Crippen LogP contribution in [-0.4, -0.2) is 17.0 Å². The van der Waals surface area contributed by atoms with Crippen LogP contribution in [0, 0.1) is 11.3 Å². The molecule has 0 saturated heterocycles. The van der Waals surface area contributed by atoms with Gasteiger partial charge in [0.05, 0.1) is 10.6 Å². The van der Waals surface area contributed by atoms with Gasteiger partial charge in [-0.3, -0.25) is 4.79 Å². The van der Waals surface area contributed by atoms with Crippen molar-refractivity contribution in [3.05, 3.63) is 99.6 Å². The largest absolute Gasteiger partial charge is 0.487 e. The maximum atomic E-state index is 12.5. The molecule has 0 atom stereocenters. The van der Waals surface area contributed by atoms with Gasteiger partial charge in [-0.1, -0.05) is 48.9 Å². The van der Waals surface area contributed by atoms with Gasteiger partial charge < -0.3 is 15.2 Å². The normalized spacial score (nSPS) is 10.9. The number of benzene rings is 3. The van der Waals surface area contributed by atoms with Crippen LogP contribution in [-0.2, 0) is 17.8 Å². The molecule has 3 rings (SSSR count). The minimum absolute atomic E-state index is 0.0576. The number of carbonyl (C=O) groups is 2. The van der Waals surface area contributed by atoms with Crippen molar-refractivity contribution in [3.8, 4) is 11.8 Å². The lowest BCUT2D eigenvalue weighted by Gasteiger charge is -2.09. The van der Waals surface area contributed by atoms with Crippen LogP contribution in [0.3, 0.4) is 0 Å². The van der Waals surface area contributed by atoms with E-state index in [0.29, 0.717) is 22.0 Å². The van der Waals surface area contributed by atoms with Crippen molar-refractivity contribution >= 4 is 35.2 Å². The Hall–Kier alpha value is -4.08. The first-order chi connectivity index (χ1) is 15.9. The van der Waals surface area contributed by atoms with Crippen LogP contribution < -0.4 is 10.1 Å². The number of nitriles is 1. The Balaban J connectivity index is 1.67. The number of carboxylic acids is 1. The molecule has 0 fully saturated rings. The first-order valence-corrected chi connectivity index (χ1v) is 10.5. The maximum absolute atomic E-state index is 12.5. The number of ether oxygens (including phenoxy) is 1. The molecule has 0 unspecified atom stereocenters. The molecule has 0 heterocycles. The SMILES string of the molecule is CCc1ccc(NC(=O)/C(C#N)=C/c2ccc(OCc3ccc(C(=O)O)cc3)c(Cl)c2)cc1. The Kier molecular flexibility index (Phi) is 7.85. The van der Waals surface area contributed by atoms with Gasteiger partial charge in [0.15, 0.2) is 0 Å². The van der Waals surface area contributed by atoms with Crippen molar-refractivity contribution < 1.29 is 19.4 Å². The molecular weight excluding hydrogens is 440 g/mol. The van der Waals surface area contributed by atoms with Crippen molar-refractivity contribution in [1.29, 1.82) is 5.26 Å². The van der Waals surface area contributed by atoms with Gasteiger partial charge in [0, 0.05) is 5.69 Å².